The Balaban J connectivity index is 2.47. The summed E-state index contributed by atoms with van der Waals surface area (Å²) < 4.78 is 68.0. The molecule has 2 aromatic carbocycles. The predicted molar refractivity (Wildman–Crippen MR) is 85.1 cm³/mol. The molecule has 0 N–H and O–H groups in total. The van der Waals surface area contributed by atoms with E-state index in [0.29, 0.717) is 6.07 Å². The Morgan fingerprint density at radius 2 is 1.81 bits per heavy atom. The number of non-ortho nitro benzene ring substituents is 1. The molecule has 0 amide bonds. The van der Waals surface area contributed by atoms with Crippen molar-refractivity contribution < 1.29 is 30.8 Å². The molecule has 0 heterocycles. The zero-order valence-corrected chi connectivity index (χ0v) is 13.9. The number of nitro benzene ring substituents is 1. The minimum atomic E-state index is -5.10. The summed E-state index contributed by atoms with van der Waals surface area (Å²) in [5, 5.41) is 13.5. The average molecular weight is 388 g/mol. The zero-order chi connectivity index (χ0) is 19.5. The van der Waals surface area contributed by atoms with E-state index in [2.05, 4.69) is 9.44 Å². The Kier molecular flexibility index (Phi) is 5.30. The summed E-state index contributed by atoms with van der Waals surface area (Å²) in [6.45, 7) is 1.44. The minimum absolute atomic E-state index is 0.256. The molecule has 2 aromatic rings. The fourth-order valence-corrected chi connectivity index (χ4v) is 2.96. The van der Waals surface area contributed by atoms with Gasteiger partial charge >= 0.3 is 16.3 Å². The lowest BCUT2D eigenvalue weighted by molar-refractivity contribution is -0.384. The highest BCUT2D eigenvalue weighted by atomic mass is 32.2. The van der Waals surface area contributed by atoms with E-state index in [9.17, 15) is 31.7 Å². The van der Waals surface area contributed by atoms with Crippen molar-refractivity contribution in [1.82, 2.24) is 0 Å². The standard InChI is InChI=1S/C15H11F3N2O5S/c1-10-5-2-3-8-13(10)26(23,24)25-19-14(15(16,17)18)11-6-4-7-12(9-11)20(21)22/h2-9H,1H3. The first-order chi connectivity index (χ1) is 12.0. The van der Waals surface area contributed by atoms with E-state index in [4.69, 9.17) is 0 Å². The van der Waals surface area contributed by atoms with Gasteiger partial charge in [-0.3, -0.25) is 14.4 Å². The molecule has 11 heteroatoms. The molecule has 0 saturated heterocycles. The first-order valence-corrected chi connectivity index (χ1v) is 8.32. The molecule has 0 aliphatic heterocycles. The fraction of sp³-hybridized carbons (Fsp3) is 0.133. The van der Waals surface area contributed by atoms with Crippen molar-refractivity contribution in [2.24, 2.45) is 5.16 Å². The van der Waals surface area contributed by atoms with Crippen molar-refractivity contribution in [3.63, 3.8) is 0 Å². The first kappa shape index (κ1) is 19.4. The highest BCUT2D eigenvalue weighted by Gasteiger charge is 2.39. The maximum absolute atomic E-state index is 13.2. The Labute approximate surface area is 146 Å². The van der Waals surface area contributed by atoms with E-state index >= 15 is 0 Å². The smallest absolute Gasteiger partial charge is 0.264 e. The third-order valence-corrected chi connectivity index (χ3v) is 4.46. The molecule has 7 nitrogen and oxygen atoms in total. The van der Waals surface area contributed by atoms with Crippen LogP contribution in [0.25, 0.3) is 0 Å². The van der Waals surface area contributed by atoms with E-state index in [-0.39, 0.29) is 10.5 Å². The molecule has 0 aromatic heterocycles. The summed E-state index contributed by atoms with van der Waals surface area (Å²) >= 11 is 0. The number of halogens is 3. The van der Waals surface area contributed by atoms with Crippen molar-refractivity contribution in [3.8, 4) is 0 Å². The highest BCUT2D eigenvalue weighted by molar-refractivity contribution is 7.86. The van der Waals surface area contributed by atoms with Crippen LogP contribution in [-0.2, 0) is 14.4 Å². The van der Waals surface area contributed by atoms with Gasteiger partial charge in [-0.2, -0.15) is 21.6 Å². The Morgan fingerprint density at radius 3 is 2.38 bits per heavy atom. The molecule has 0 aliphatic rings. The molecule has 0 spiro atoms. The van der Waals surface area contributed by atoms with Crippen LogP contribution < -0.4 is 0 Å². The lowest BCUT2D eigenvalue weighted by Crippen LogP contribution is -2.25. The van der Waals surface area contributed by atoms with Gasteiger partial charge in [0.15, 0.2) is 5.71 Å². The monoisotopic (exact) mass is 388 g/mol. The van der Waals surface area contributed by atoms with Crippen LogP contribution in [0.1, 0.15) is 11.1 Å². The molecular weight excluding hydrogens is 377 g/mol. The molecule has 138 valence electrons. The highest BCUT2D eigenvalue weighted by Crippen LogP contribution is 2.26. The third kappa shape index (κ3) is 4.36. The maximum Gasteiger partial charge on any atom is 0.437 e. The third-order valence-electron chi connectivity index (χ3n) is 3.19. The van der Waals surface area contributed by atoms with Gasteiger partial charge in [-0.05, 0) is 18.6 Å². The Morgan fingerprint density at radius 1 is 1.15 bits per heavy atom. The number of rotatable bonds is 5. The van der Waals surface area contributed by atoms with Gasteiger partial charge in [-0.15, -0.1) is 0 Å². The number of nitro groups is 1. The van der Waals surface area contributed by atoms with E-state index in [0.717, 1.165) is 24.3 Å². The van der Waals surface area contributed by atoms with Crippen LogP contribution in [0.15, 0.2) is 58.6 Å². The molecule has 26 heavy (non-hydrogen) atoms. The van der Waals surface area contributed by atoms with Crippen LogP contribution in [-0.4, -0.2) is 25.2 Å². The lowest BCUT2D eigenvalue weighted by Gasteiger charge is -2.11. The van der Waals surface area contributed by atoms with Crippen LogP contribution in [0.2, 0.25) is 0 Å². The van der Waals surface area contributed by atoms with Crippen LogP contribution in [0, 0.1) is 17.0 Å². The molecule has 0 atom stereocenters. The van der Waals surface area contributed by atoms with E-state index in [1.165, 1.54) is 19.1 Å². The summed E-state index contributed by atoms with van der Waals surface area (Å²) in [5.74, 6) is 0. The van der Waals surface area contributed by atoms with Crippen molar-refractivity contribution in [2.45, 2.75) is 18.0 Å². The summed E-state index contributed by atoms with van der Waals surface area (Å²) in [6, 6.07) is 9.04. The summed E-state index contributed by atoms with van der Waals surface area (Å²) in [5.41, 5.74) is -2.77. The number of benzene rings is 2. The normalized spacial score (nSPS) is 12.7. The second-order valence-corrected chi connectivity index (χ2v) is 6.54. The minimum Gasteiger partial charge on any atom is -0.264 e. The fourth-order valence-electron chi connectivity index (χ4n) is 2.00. The van der Waals surface area contributed by atoms with Crippen LogP contribution in [0.4, 0.5) is 18.9 Å². The summed E-state index contributed by atoms with van der Waals surface area (Å²) in [7, 11) is -4.60. The number of nitrogens with zero attached hydrogens (tertiary/aromatic N) is 2. The topological polar surface area (TPSA) is 98.9 Å². The number of oxime groups is 1. The SMILES string of the molecule is Cc1ccccc1S(=O)(=O)ON=C(c1cccc([N+](=O)[O-])c1)C(F)(F)F. The number of hydrogen-bond donors (Lipinski definition) is 0. The van der Waals surface area contributed by atoms with Crippen LogP contribution in [0.3, 0.4) is 0 Å². The second kappa shape index (κ2) is 7.12. The van der Waals surface area contributed by atoms with E-state index in [1.54, 1.807) is 6.07 Å². The van der Waals surface area contributed by atoms with Gasteiger partial charge in [-0.25, -0.2) is 0 Å². The Bertz CT molecular complexity index is 971. The van der Waals surface area contributed by atoms with Gasteiger partial charge in [0.2, 0.25) is 0 Å². The number of aryl methyl sites for hydroxylation is 1. The van der Waals surface area contributed by atoms with Gasteiger partial charge < -0.3 is 0 Å². The van der Waals surface area contributed by atoms with Crippen LogP contribution >= 0.6 is 0 Å². The van der Waals surface area contributed by atoms with E-state index < -0.39 is 38.2 Å². The number of hydrogen-bond acceptors (Lipinski definition) is 6. The Hall–Kier alpha value is -2.95. The van der Waals surface area contributed by atoms with Crippen molar-refractivity contribution in [3.05, 3.63) is 69.8 Å². The van der Waals surface area contributed by atoms with Gasteiger partial charge in [0.1, 0.15) is 4.90 Å². The van der Waals surface area contributed by atoms with Crippen molar-refractivity contribution >= 4 is 21.5 Å². The van der Waals surface area contributed by atoms with E-state index in [1.807, 2.05) is 0 Å². The summed E-state index contributed by atoms with van der Waals surface area (Å²) in [6.07, 6.45) is -5.10. The zero-order valence-electron chi connectivity index (χ0n) is 13.1. The van der Waals surface area contributed by atoms with Crippen LogP contribution in [0.5, 0.6) is 0 Å². The molecule has 0 bridgehead atoms. The van der Waals surface area contributed by atoms with Gasteiger partial charge in [0.25, 0.3) is 5.69 Å². The molecule has 0 aliphatic carbocycles. The molecule has 2 rings (SSSR count). The predicted octanol–water partition coefficient (Wildman–Crippen LogP) is 3.58. The maximum atomic E-state index is 13.2. The largest absolute Gasteiger partial charge is 0.437 e. The molecule has 0 radical (unpaired) electrons. The average Bonchev–Trinajstić information content (AvgIpc) is 2.54. The molecule has 0 fully saturated rings. The quantitative estimate of drug-likeness (QED) is 0.443. The molecule has 0 saturated carbocycles. The lowest BCUT2D eigenvalue weighted by atomic mass is 10.1. The first-order valence-electron chi connectivity index (χ1n) is 6.91. The van der Waals surface area contributed by atoms with Gasteiger partial charge in [0, 0.05) is 17.7 Å². The second-order valence-electron chi connectivity index (χ2n) is 5.04. The molecular formula is C15H11F3N2O5S. The summed E-state index contributed by atoms with van der Waals surface area (Å²) in [4.78, 5) is 9.49. The van der Waals surface area contributed by atoms with Gasteiger partial charge in [0.05, 0.1) is 4.92 Å². The number of alkyl halides is 3. The molecule has 0 unspecified atom stereocenters. The van der Waals surface area contributed by atoms with Crippen molar-refractivity contribution in [1.29, 1.82) is 0 Å². The van der Waals surface area contributed by atoms with Crippen molar-refractivity contribution in [2.75, 3.05) is 0 Å². The van der Waals surface area contributed by atoms with Gasteiger partial charge in [-0.1, -0.05) is 35.5 Å².